The van der Waals surface area contributed by atoms with Crippen LogP contribution in [0.25, 0.3) is 11.3 Å². The first-order valence-corrected chi connectivity index (χ1v) is 10.4. The molecule has 4 nitrogen and oxygen atoms in total. The molecule has 1 fully saturated rings. The van der Waals surface area contributed by atoms with Gasteiger partial charge in [0.2, 0.25) is 5.95 Å². The zero-order chi connectivity index (χ0) is 18.8. The summed E-state index contributed by atoms with van der Waals surface area (Å²) in [7, 11) is 0. The Morgan fingerprint density at radius 2 is 1.61 bits per heavy atom. The quantitative estimate of drug-likeness (QED) is 0.697. The van der Waals surface area contributed by atoms with Crippen LogP contribution in [0, 0.1) is 0 Å². The van der Waals surface area contributed by atoms with E-state index in [1.807, 2.05) is 6.07 Å². The first kappa shape index (κ1) is 17.2. The number of nitrogens with one attached hydrogen (secondary N) is 1. The van der Waals surface area contributed by atoms with Crippen molar-refractivity contribution in [3.8, 4) is 11.3 Å². The number of benzene rings is 2. The summed E-state index contributed by atoms with van der Waals surface area (Å²) in [5.41, 5.74) is 4.96. The van der Waals surface area contributed by atoms with Crippen LogP contribution in [-0.4, -0.2) is 22.6 Å². The Kier molecular flexibility index (Phi) is 4.69. The molecule has 1 saturated carbocycles. The van der Waals surface area contributed by atoms with Crippen molar-refractivity contribution >= 4 is 11.8 Å². The van der Waals surface area contributed by atoms with Crippen molar-refractivity contribution in [3.63, 3.8) is 0 Å². The predicted molar refractivity (Wildman–Crippen MR) is 115 cm³/mol. The first-order valence-electron chi connectivity index (χ1n) is 10.4. The topological polar surface area (TPSA) is 41.1 Å². The van der Waals surface area contributed by atoms with E-state index in [0.717, 1.165) is 42.5 Å². The molecule has 0 bridgehead atoms. The molecule has 0 radical (unpaired) electrons. The maximum absolute atomic E-state index is 4.95. The number of hydrogen-bond acceptors (Lipinski definition) is 4. The fourth-order valence-electron chi connectivity index (χ4n) is 4.35. The lowest BCUT2D eigenvalue weighted by Crippen LogP contribution is -2.32. The highest BCUT2D eigenvalue weighted by atomic mass is 15.3. The van der Waals surface area contributed by atoms with E-state index >= 15 is 0 Å². The smallest absolute Gasteiger partial charge is 0.228 e. The predicted octanol–water partition coefficient (Wildman–Crippen LogP) is 5.06. The van der Waals surface area contributed by atoms with Crippen LogP contribution in [0.15, 0.2) is 60.7 Å². The molecule has 2 aliphatic rings. The van der Waals surface area contributed by atoms with Gasteiger partial charge in [-0.3, -0.25) is 0 Å². The highest BCUT2D eigenvalue weighted by molar-refractivity contribution is 5.65. The molecule has 1 aliphatic heterocycles. The molecule has 4 heteroatoms. The largest absolute Gasteiger partial charge is 0.367 e. The van der Waals surface area contributed by atoms with Gasteiger partial charge < -0.3 is 10.2 Å². The molecule has 3 aromatic rings. The second-order valence-corrected chi connectivity index (χ2v) is 7.87. The van der Waals surface area contributed by atoms with Crippen molar-refractivity contribution < 1.29 is 0 Å². The average molecular weight is 370 g/mol. The maximum Gasteiger partial charge on any atom is 0.228 e. The Morgan fingerprint density at radius 1 is 0.857 bits per heavy atom. The van der Waals surface area contributed by atoms with E-state index in [1.54, 1.807) is 0 Å². The van der Waals surface area contributed by atoms with Crippen LogP contribution in [0.1, 0.15) is 36.8 Å². The summed E-state index contributed by atoms with van der Waals surface area (Å²) in [6.07, 6.45) is 6.13. The van der Waals surface area contributed by atoms with E-state index in [9.17, 15) is 0 Å². The second kappa shape index (κ2) is 7.63. The Labute approximate surface area is 166 Å². The van der Waals surface area contributed by atoms with Crippen molar-refractivity contribution in [2.75, 3.05) is 16.8 Å². The number of rotatable bonds is 4. The van der Waals surface area contributed by atoms with Gasteiger partial charge in [0.15, 0.2) is 0 Å². The van der Waals surface area contributed by atoms with Crippen molar-refractivity contribution in [3.05, 3.63) is 71.8 Å². The van der Waals surface area contributed by atoms with Crippen LogP contribution in [-0.2, 0) is 13.0 Å². The lowest BCUT2D eigenvalue weighted by atomic mass is 10.0. The van der Waals surface area contributed by atoms with Gasteiger partial charge >= 0.3 is 0 Å². The number of aromatic nitrogens is 2. The number of fused-ring (bicyclic) bond motifs is 1. The zero-order valence-corrected chi connectivity index (χ0v) is 16.1. The van der Waals surface area contributed by atoms with Gasteiger partial charge in [0, 0.05) is 30.8 Å². The molecular weight excluding hydrogens is 344 g/mol. The van der Waals surface area contributed by atoms with Crippen LogP contribution in [0.3, 0.4) is 0 Å². The van der Waals surface area contributed by atoms with Crippen LogP contribution in [0.2, 0.25) is 0 Å². The van der Waals surface area contributed by atoms with E-state index in [1.165, 1.54) is 36.8 Å². The van der Waals surface area contributed by atoms with Crippen LogP contribution >= 0.6 is 0 Å². The van der Waals surface area contributed by atoms with Gasteiger partial charge in [0.05, 0.1) is 5.69 Å². The summed E-state index contributed by atoms with van der Waals surface area (Å²) >= 11 is 0. The van der Waals surface area contributed by atoms with Crippen molar-refractivity contribution in [2.24, 2.45) is 0 Å². The summed E-state index contributed by atoms with van der Waals surface area (Å²) < 4.78 is 0. The van der Waals surface area contributed by atoms with Gasteiger partial charge in [-0.25, -0.2) is 4.98 Å². The maximum atomic E-state index is 4.95. The molecule has 1 aromatic heterocycles. The molecule has 1 aliphatic carbocycles. The Morgan fingerprint density at radius 3 is 2.43 bits per heavy atom. The van der Waals surface area contributed by atoms with E-state index < -0.39 is 0 Å². The van der Waals surface area contributed by atoms with Crippen LogP contribution < -0.4 is 10.2 Å². The third-order valence-electron chi connectivity index (χ3n) is 5.90. The monoisotopic (exact) mass is 370 g/mol. The normalized spacial score (nSPS) is 16.8. The Bertz CT molecular complexity index is 948. The van der Waals surface area contributed by atoms with Gasteiger partial charge in [-0.2, -0.15) is 4.98 Å². The lowest BCUT2D eigenvalue weighted by molar-refractivity contribution is 0.705. The molecule has 2 heterocycles. The molecule has 1 N–H and O–H groups in total. The number of nitrogens with zero attached hydrogens (tertiary/aromatic N) is 3. The SMILES string of the molecule is c1ccc(-c2cc(NC3CCCC3)nc(N3CCc4ccccc4C3)n2)cc1. The van der Waals surface area contributed by atoms with Gasteiger partial charge in [0.1, 0.15) is 5.82 Å². The van der Waals surface area contributed by atoms with E-state index in [0.29, 0.717) is 6.04 Å². The summed E-state index contributed by atoms with van der Waals surface area (Å²) in [6, 6.07) is 21.8. The fraction of sp³-hybridized carbons (Fsp3) is 0.333. The molecule has 2 aromatic carbocycles. The van der Waals surface area contributed by atoms with Crippen molar-refractivity contribution in [1.82, 2.24) is 9.97 Å². The summed E-state index contributed by atoms with van der Waals surface area (Å²) in [5, 5.41) is 3.67. The zero-order valence-electron chi connectivity index (χ0n) is 16.1. The van der Waals surface area contributed by atoms with Gasteiger partial charge in [-0.05, 0) is 30.4 Å². The number of hydrogen-bond donors (Lipinski definition) is 1. The molecule has 142 valence electrons. The average Bonchev–Trinajstić information content (AvgIpc) is 3.27. The summed E-state index contributed by atoms with van der Waals surface area (Å²) in [4.78, 5) is 12.2. The third kappa shape index (κ3) is 3.59. The molecule has 5 rings (SSSR count). The minimum Gasteiger partial charge on any atom is -0.367 e. The van der Waals surface area contributed by atoms with Gasteiger partial charge in [0.25, 0.3) is 0 Å². The molecular formula is C24H26N4. The van der Waals surface area contributed by atoms with Gasteiger partial charge in [-0.1, -0.05) is 67.4 Å². The highest BCUT2D eigenvalue weighted by Crippen LogP contribution is 2.28. The molecule has 0 atom stereocenters. The standard InChI is InChI=1S/C24H26N4/c1-2-9-19(10-3-1)22-16-23(25-21-12-6-7-13-21)27-24(26-22)28-15-14-18-8-4-5-11-20(18)17-28/h1-5,8-11,16,21H,6-7,12-15,17H2,(H,25,26,27). The lowest BCUT2D eigenvalue weighted by Gasteiger charge is -2.29. The van der Waals surface area contributed by atoms with Crippen LogP contribution in [0.5, 0.6) is 0 Å². The molecule has 0 unspecified atom stereocenters. The molecule has 28 heavy (non-hydrogen) atoms. The fourth-order valence-corrected chi connectivity index (χ4v) is 4.35. The van der Waals surface area contributed by atoms with Gasteiger partial charge in [-0.15, -0.1) is 0 Å². The number of anilines is 2. The molecule has 0 spiro atoms. The van der Waals surface area contributed by atoms with E-state index in [-0.39, 0.29) is 0 Å². The third-order valence-corrected chi connectivity index (χ3v) is 5.90. The summed E-state index contributed by atoms with van der Waals surface area (Å²) in [6.45, 7) is 1.83. The Balaban J connectivity index is 1.49. The first-order chi connectivity index (χ1) is 13.8. The van der Waals surface area contributed by atoms with Crippen molar-refractivity contribution in [1.29, 1.82) is 0 Å². The minimum absolute atomic E-state index is 0.536. The van der Waals surface area contributed by atoms with E-state index in [4.69, 9.17) is 9.97 Å². The van der Waals surface area contributed by atoms with Crippen molar-refractivity contribution in [2.45, 2.75) is 44.7 Å². The minimum atomic E-state index is 0.536. The molecule has 0 saturated heterocycles. The second-order valence-electron chi connectivity index (χ2n) is 7.87. The van der Waals surface area contributed by atoms with E-state index in [2.05, 4.69) is 64.8 Å². The summed E-state index contributed by atoms with van der Waals surface area (Å²) in [5.74, 6) is 1.78. The van der Waals surface area contributed by atoms with Crippen LogP contribution in [0.4, 0.5) is 11.8 Å². The molecule has 0 amide bonds. The Hall–Kier alpha value is -2.88. The highest BCUT2D eigenvalue weighted by Gasteiger charge is 2.21.